The van der Waals surface area contributed by atoms with Gasteiger partial charge in [-0.25, -0.2) is 0 Å². The molecule has 2 atom stereocenters. The largest absolute Gasteiger partial charge is 0.336 e. The third kappa shape index (κ3) is 3.08. The molecule has 2 unspecified atom stereocenters. The molecule has 1 heterocycles. The highest BCUT2D eigenvalue weighted by molar-refractivity contribution is 7.98. The van der Waals surface area contributed by atoms with E-state index in [9.17, 15) is 4.79 Å². The summed E-state index contributed by atoms with van der Waals surface area (Å²) in [6.07, 6.45) is 2.87. The molecule has 0 bridgehead atoms. The van der Waals surface area contributed by atoms with E-state index in [0.29, 0.717) is 34.6 Å². The number of nitrogens with two attached hydrogens (primary N) is 1. The van der Waals surface area contributed by atoms with Crippen molar-refractivity contribution in [3.8, 4) is 0 Å². The van der Waals surface area contributed by atoms with E-state index in [0.717, 1.165) is 11.3 Å². The van der Waals surface area contributed by atoms with Crippen LogP contribution in [0.15, 0.2) is 17.0 Å². The van der Waals surface area contributed by atoms with E-state index in [2.05, 4.69) is 0 Å². The van der Waals surface area contributed by atoms with Gasteiger partial charge in [-0.2, -0.15) is 0 Å². The molecule has 1 aliphatic rings. The zero-order valence-electron chi connectivity index (χ0n) is 11.5. The maximum Gasteiger partial charge on any atom is 0.255 e. The number of nitrogens with zero attached hydrogens (tertiary/aromatic N) is 1. The number of benzene rings is 1. The Morgan fingerprint density at radius 2 is 2.15 bits per heavy atom. The molecule has 0 aliphatic carbocycles. The number of amides is 1. The van der Waals surface area contributed by atoms with Crippen LogP contribution in [0.2, 0.25) is 10.0 Å². The van der Waals surface area contributed by atoms with Crippen molar-refractivity contribution in [1.29, 1.82) is 0 Å². The van der Waals surface area contributed by atoms with Gasteiger partial charge in [0.2, 0.25) is 0 Å². The summed E-state index contributed by atoms with van der Waals surface area (Å²) in [7, 11) is 0. The first-order valence-electron chi connectivity index (χ1n) is 6.52. The van der Waals surface area contributed by atoms with Gasteiger partial charge in [-0.05, 0) is 44.2 Å². The predicted octanol–water partition coefficient (Wildman–Crippen LogP) is 3.52. The predicted molar refractivity (Wildman–Crippen MR) is 85.9 cm³/mol. The second-order valence-corrected chi connectivity index (χ2v) is 6.77. The summed E-state index contributed by atoms with van der Waals surface area (Å²) >= 11 is 13.8. The van der Waals surface area contributed by atoms with Crippen molar-refractivity contribution in [2.24, 2.45) is 11.7 Å². The molecular formula is C14H18Cl2N2OS. The van der Waals surface area contributed by atoms with Crippen molar-refractivity contribution in [1.82, 2.24) is 4.90 Å². The third-order valence-electron chi connectivity index (χ3n) is 3.73. The number of likely N-dealkylation sites (tertiary alicyclic amines) is 1. The molecule has 1 aliphatic heterocycles. The first kappa shape index (κ1) is 16.0. The van der Waals surface area contributed by atoms with Crippen molar-refractivity contribution in [3.05, 3.63) is 27.7 Å². The number of hydrogen-bond donors (Lipinski definition) is 1. The van der Waals surface area contributed by atoms with Crippen LogP contribution in [0.3, 0.4) is 0 Å². The number of rotatable bonds is 3. The lowest BCUT2D eigenvalue weighted by atomic mass is 10.1. The summed E-state index contributed by atoms with van der Waals surface area (Å²) in [6.45, 7) is 3.36. The Morgan fingerprint density at radius 1 is 1.45 bits per heavy atom. The van der Waals surface area contributed by atoms with Gasteiger partial charge in [0.15, 0.2) is 0 Å². The van der Waals surface area contributed by atoms with E-state index in [1.54, 1.807) is 12.1 Å². The monoisotopic (exact) mass is 332 g/mol. The molecule has 0 aromatic heterocycles. The highest BCUT2D eigenvalue weighted by Gasteiger charge is 2.33. The van der Waals surface area contributed by atoms with Gasteiger partial charge in [0.25, 0.3) is 5.91 Å². The summed E-state index contributed by atoms with van der Waals surface area (Å²) in [4.78, 5) is 15.4. The van der Waals surface area contributed by atoms with E-state index >= 15 is 0 Å². The minimum atomic E-state index is -0.0367. The summed E-state index contributed by atoms with van der Waals surface area (Å²) in [6, 6.07) is 3.62. The molecule has 0 spiro atoms. The molecule has 0 saturated carbocycles. The van der Waals surface area contributed by atoms with Gasteiger partial charge >= 0.3 is 0 Å². The average molecular weight is 333 g/mol. The Kier molecular flexibility index (Phi) is 5.24. The molecule has 20 heavy (non-hydrogen) atoms. The molecule has 2 rings (SSSR count). The number of carbonyl (C=O) groups is 1. The third-order valence-corrected chi connectivity index (χ3v) is 5.24. The minimum absolute atomic E-state index is 0.0367. The van der Waals surface area contributed by atoms with Crippen LogP contribution in [0.5, 0.6) is 0 Å². The lowest BCUT2D eigenvalue weighted by molar-refractivity contribution is 0.0743. The molecule has 2 N–H and O–H groups in total. The summed E-state index contributed by atoms with van der Waals surface area (Å²) in [5.41, 5.74) is 6.23. The van der Waals surface area contributed by atoms with Crippen LogP contribution in [-0.2, 0) is 0 Å². The van der Waals surface area contributed by atoms with Crippen LogP contribution in [0, 0.1) is 5.92 Å². The Hall–Kier alpha value is -0.420. The van der Waals surface area contributed by atoms with Gasteiger partial charge in [-0.15, -0.1) is 11.8 Å². The summed E-state index contributed by atoms with van der Waals surface area (Å²) < 4.78 is 0. The highest BCUT2D eigenvalue weighted by Crippen LogP contribution is 2.33. The van der Waals surface area contributed by atoms with Crippen LogP contribution in [0.4, 0.5) is 0 Å². The van der Waals surface area contributed by atoms with Crippen molar-refractivity contribution < 1.29 is 4.79 Å². The van der Waals surface area contributed by atoms with Gasteiger partial charge in [0.05, 0.1) is 15.6 Å². The molecule has 1 fully saturated rings. The van der Waals surface area contributed by atoms with E-state index in [1.165, 1.54) is 11.8 Å². The Morgan fingerprint density at radius 3 is 2.70 bits per heavy atom. The van der Waals surface area contributed by atoms with Crippen LogP contribution >= 0.6 is 35.0 Å². The Balaban J connectivity index is 2.30. The Labute approximate surface area is 133 Å². The molecule has 110 valence electrons. The second kappa shape index (κ2) is 6.56. The first-order valence-corrected chi connectivity index (χ1v) is 8.50. The maximum absolute atomic E-state index is 12.7. The van der Waals surface area contributed by atoms with Crippen molar-refractivity contribution in [2.45, 2.75) is 24.3 Å². The second-order valence-electron chi connectivity index (χ2n) is 5.11. The van der Waals surface area contributed by atoms with Crippen LogP contribution in [0.1, 0.15) is 23.7 Å². The van der Waals surface area contributed by atoms with E-state index < -0.39 is 0 Å². The van der Waals surface area contributed by atoms with Gasteiger partial charge in [0, 0.05) is 17.5 Å². The first-order chi connectivity index (χ1) is 9.47. The Bertz CT molecular complexity index is 524. The topological polar surface area (TPSA) is 46.3 Å². The fraction of sp³-hybridized carbons (Fsp3) is 0.500. The normalized spacial score (nSPS) is 22.4. The van der Waals surface area contributed by atoms with Crippen LogP contribution in [-0.4, -0.2) is 36.2 Å². The number of hydrogen-bond acceptors (Lipinski definition) is 3. The highest BCUT2D eigenvalue weighted by atomic mass is 35.5. The molecule has 3 nitrogen and oxygen atoms in total. The molecule has 1 saturated heterocycles. The lowest BCUT2D eigenvalue weighted by Crippen LogP contribution is -2.34. The fourth-order valence-corrected chi connectivity index (χ4v) is 3.79. The molecule has 1 aromatic rings. The van der Waals surface area contributed by atoms with E-state index in [1.807, 2.05) is 18.1 Å². The smallest absolute Gasteiger partial charge is 0.255 e. The maximum atomic E-state index is 12.7. The number of thioether (sulfide) groups is 1. The number of halogens is 2. The summed E-state index contributed by atoms with van der Waals surface area (Å²) in [5.74, 6) is 0.338. The zero-order chi connectivity index (χ0) is 14.9. The van der Waals surface area contributed by atoms with Crippen LogP contribution < -0.4 is 5.73 Å². The molecule has 1 aromatic carbocycles. The molecule has 1 amide bonds. The standard InChI is InChI=1S/C14H18Cl2N2OS/c1-8-3-9(6-17)7-18(8)14(19)10-4-13(20-2)12(16)5-11(10)15/h4-5,8-9H,3,6-7,17H2,1-2H3. The average Bonchev–Trinajstić information content (AvgIpc) is 2.79. The minimum Gasteiger partial charge on any atom is -0.336 e. The van der Waals surface area contributed by atoms with Gasteiger partial charge < -0.3 is 10.6 Å². The SMILES string of the molecule is CSc1cc(C(=O)N2CC(CN)CC2C)c(Cl)cc1Cl. The van der Waals surface area contributed by atoms with Crippen molar-refractivity contribution in [3.63, 3.8) is 0 Å². The van der Waals surface area contributed by atoms with E-state index in [-0.39, 0.29) is 11.9 Å². The molecule has 6 heteroatoms. The van der Waals surface area contributed by atoms with Gasteiger partial charge in [0.1, 0.15) is 0 Å². The molecule has 0 radical (unpaired) electrons. The zero-order valence-corrected chi connectivity index (χ0v) is 13.9. The van der Waals surface area contributed by atoms with Crippen molar-refractivity contribution in [2.75, 3.05) is 19.3 Å². The van der Waals surface area contributed by atoms with Crippen molar-refractivity contribution >= 4 is 40.9 Å². The number of carbonyl (C=O) groups excluding carboxylic acids is 1. The quantitative estimate of drug-likeness (QED) is 0.861. The lowest BCUT2D eigenvalue weighted by Gasteiger charge is -2.22. The van der Waals surface area contributed by atoms with E-state index in [4.69, 9.17) is 28.9 Å². The van der Waals surface area contributed by atoms with Gasteiger partial charge in [-0.3, -0.25) is 4.79 Å². The fourth-order valence-electron chi connectivity index (χ4n) is 2.60. The van der Waals surface area contributed by atoms with Crippen LogP contribution in [0.25, 0.3) is 0 Å². The molecular weight excluding hydrogens is 315 g/mol. The summed E-state index contributed by atoms with van der Waals surface area (Å²) in [5, 5.41) is 0.981. The van der Waals surface area contributed by atoms with Gasteiger partial charge in [-0.1, -0.05) is 23.2 Å².